The normalized spacial score (nSPS) is 10.2. The van der Waals surface area contributed by atoms with Gasteiger partial charge in [0.15, 0.2) is 0 Å². The molecule has 98 valence electrons. The van der Waals surface area contributed by atoms with Gasteiger partial charge in [-0.2, -0.15) is 0 Å². The lowest BCUT2D eigenvalue weighted by atomic mass is 10.1. The van der Waals surface area contributed by atoms with Crippen LogP contribution in [0.1, 0.15) is 15.9 Å². The molecule has 0 aliphatic rings. The van der Waals surface area contributed by atoms with Gasteiger partial charge in [-0.15, -0.1) is 0 Å². The first-order chi connectivity index (χ1) is 9.10. The second kappa shape index (κ2) is 5.80. The van der Waals surface area contributed by atoms with Crippen molar-refractivity contribution in [2.24, 2.45) is 0 Å². The number of hydrogen-bond donors (Lipinski definition) is 1. The van der Waals surface area contributed by atoms with Gasteiger partial charge in [0.25, 0.3) is 0 Å². The predicted octanol–water partition coefficient (Wildman–Crippen LogP) is 3.85. The number of carboxylic acids is 1. The lowest BCUT2D eigenvalue weighted by Gasteiger charge is -2.07. The van der Waals surface area contributed by atoms with Crippen LogP contribution in [-0.4, -0.2) is 18.2 Å². The number of benzene rings is 2. The van der Waals surface area contributed by atoms with Crippen LogP contribution in [-0.2, 0) is 0 Å². The Bertz CT molecular complexity index is 591. The first-order valence-electron chi connectivity index (χ1n) is 5.76. The van der Waals surface area contributed by atoms with Crippen molar-refractivity contribution < 1.29 is 14.6 Å². The summed E-state index contributed by atoms with van der Waals surface area (Å²) in [5.41, 5.74) is 1.37. The Kier molecular flexibility index (Phi) is 4.12. The zero-order chi connectivity index (χ0) is 13.8. The van der Waals surface area contributed by atoms with Gasteiger partial charge in [0.1, 0.15) is 5.75 Å². The van der Waals surface area contributed by atoms with E-state index in [0.717, 1.165) is 21.1 Å². The van der Waals surface area contributed by atoms with Crippen molar-refractivity contribution >= 4 is 17.7 Å². The summed E-state index contributed by atoms with van der Waals surface area (Å²) in [5.74, 6) is -0.122. The summed E-state index contributed by atoms with van der Waals surface area (Å²) in [6, 6.07) is 12.9. The van der Waals surface area contributed by atoms with E-state index >= 15 is 0 Å². The molecule has 0 heterocycles. The van der Waals surface area contributed by atoms with Crippen LogP contribution in [0.4, 0.5) is 0 Å². The van der Waals surface area contributed by atoms with Crippen molar-refractivity contribution in [3.63, 3.8) is 0 Å². The number of hydrogen-bond acceptors (Lipinski definition) is 3. The molecule has 2 rings (SSSR count). The second-order valence-corrected chi connectivity index (χ2v) is 5.20. The van der Waals surface area contributed by atoms with Crippen molar-refractivity contribution in [3.8, 4) is 5.75 Å². The van der Waals surface area contributed by atoms with Crippen molar-refractivity contribution in [2.45, 2.75) is 16.7 Å². The Balaban J connectivity index is 2.31. The highest BCUT2D eigenvalue weighted by atomic mass is 32.2. The number of ether oxygens (including phenoxy) is 1. The summed E-state index contributed by atoms with van der Waals surface area (Å²) in [5, 5.41) is 9.18. The molecule has 0 unspecified atom stereocenters. The van der Waals surface area contributed by atoms with E-state index in [1.165, 1.54) is 11.8 Å². The molecular weight excluding hydrogens is 260 g/mol. The van der Waals surface area contributed by atoms with Gasteiger partial charge in [0.2, 0.25) is 0 Å². The molecule has 0 aliphatic heterocycles. The molecule has 0 aliphatic carbocycles. The number of carboxylic acid groups (broad SMARTS) is 1. The molecule has 1 N–H and O–H groups in total. The highest BCUT2D eigenvalue weighted by Crippen LogP contribution is 2.32. The largest absolute Gasteiger partial charge is 0.497 e. The summed E-state index contributed by atoms with van der Waals surface area (Å²) in [6.07, 6.45) is 0. The average molecular weight is 274 g/mol. The Hall–Kier alpha value is -1.94. The van der Waals surface area contributed by atoms with Crippen molar-refractivity contribution in [1.29, 1.82) is 0 Å². The fourth-order valence-electron chi connectivity index (χ4n) is 1.66. The predicted molar refractivity (Wildman–Crippen MR) is 75.3 cm³/mol. The molecule has 19 heavy (non-hydrogen) atoms. The van der Waals surface area contributed by atoms with Gasteiger partial charge in [-0.1, -0.05) is 17.8 Å². The van der Waals surface area contributed by atoms with Gasteiger partial charge in [0.05, 0.1) is 12.7 Å². The van der Waals surface area contributed by atoms with Gasteiger partial charge in [0, 0.05) is 9.79 Å². The highest BCUT2D eigenvalue weighted by Gasteiger charge is 2.11. The summed E-state index contributed by atoms with van der Waals surface area (Å²) in [7, 11) is 1.62. The van der Waals surface area contributed by atoms with E-state index < -0.39 is 5.97 Å². The summed E-state index contributed by atoms with van der Waals surface area (Å²) in [6.45, 7) is 1.95. The van der Waals surface area contributed by atoms with Gasteiger partial charge in [-0.05, 0) is 48.9 Å². The maximum Gasteiger partial charge on any atom is 0.336 e. The van der Waals surface area contributed by atoms with Crippen LogP contribution in [0.3, 0.4) is 0 Å². The fraction of sp³-hybridized carbons (Fsp3) is 0.133. The molecule has 0 aromatic heterocycles. The van der Waals surface area contributed by atoms with E-state index in [1.54, 1.807) is 13.2 Å². The molecule has 0 fully saturated rings. The molecule has 0 radical (unpaired) electrons. The Morgan fingerprint density at radius 3 is 2.42 bits per heavy atom. The molecule has 2 aromatic rings. The minimum Gasteiger partial charge on any atom is -0.497 e. The third-order valence-electron chi connectivity index (χ3n) is 2.65. The lowest BCUT2D eigenvalue weighted by molar-refractivity contribution is 0.0693. The number of methoxy groups -OCH3 is 1. The van der Waals surface area contributed by atoms with E-state index in [9.17, 15) is 9.90 Å². The lowest BCUT2D eigenvalue weighted by Crippen LogP contribution is -1.98. The maximum atomic E-state index is 11.2. The molecule has 0 amide bonds. The fourth-order valence-corrected chi connectivity index (χ4v) is 2.70. The SMILES string of the molecule is COc1ccc(Sc2cc(C)ccc2C(=O)O)cc1. The average Bonchev–Trinajstić information content (AvgIpc) is 2.39. The Morgan fingerprint density at radius 2 is 1.84 bits per heavy atom. The van der Waals surface area contributed by atoms with E-state index in [4.69, 9.17) is 4.74 Å². The van der Waals surface area contributed by atoms with Crippen LogP contribution in [0, 0.1) is 6.92 Å². The van der Waals surface area contributed by atoms with Gasteiger partial charge >= 0.3 is 5.97 Å². The Labute approximate surface area is 116 Å². The van der Waals surface area contributed by atoms with Crippen molar-refractivity contribution in [3.05, 3.63) is 53.6 Å². The first kappa shape index (κ1) is 13.5. The van der Waals surface area contributed by atoms with Crippen LogP contribution < -0.4 is 4.74 Å². The smallest absolute Gasteiger partial charge is 0.336 e. The monoisotopic (exact) mass is 274 g/mol. The third-order valence-corrected chi connectivity index (χ3v) is 3.72. The molecule has 0 saturated carbocycles. The minimum atomic E-state index is -0.906. The van der Waals surface area contributed by atoms with E-state index in [1.807, 2.05) is 43.3 Å². The molecule has 0 spiro atoms. The van der Waals surface area contributed by atoms with E-state index in [0.29, 0.717) is 5.56 Å². The van der Waals surface area contributed by atoms with Gasteiger partial charge in [-0.3, -0.25) is 0 Å². The summed E-state index contributed by atoms with van der Waals surface area (Å²) >= 11 is 1.44. The molecular formula is C15H14O3S. The molecule has 2 aromatic carbocycles. The minimum absolute atomic E-state index is 0.325. The molecule has 3 nitrogen and oxygen atoms in total. The van der Waals surface area contributed by atoms with E-state index in [-0.39, 0.29) is 0 Å². The topological polar surface area (TPSA) is 46.5 Å². The van der Waals surface area contributed by atoms with Crippen LogP contribution in [0.15, 0.2) is 52.3 Å². The standard InChI is InChI=1S/C15H14O3S/c1-10-3-8-13(15(16)17)14(9-10)19-12-6-4-11(18-2)5-7-12/h3-9H,1-2H3,(H,16,17). The number of aryl methyl sites for hydroxylation is 1. The van der Waals surface area contributed by atoms with Crippen molar-refractivity contribution in [1.82, 2.24) is 0 Å². The van der Waals surface area contributed by atoms with Crippen LogP contribution in [0.2, 0.25) is 0 Å². The van der Waals surface area contributed by atoms with Gasteiger partial charge in [-0.25, -0.2) is 4.79 Å². The van der Waals surface area contributed by atoms with Crippen LogP contribution >= 0.6 is 11.8 Å². The van der Waals surface area contributed by atoms with Crippen molar-refractivity contribution in [2.75, 3.05) is 7.11 Å². The van der Waals surface area contributed by atoms with E-state index in [2.05, 4.69) is 0 Å². The highest BCUT2D eigenvalue weighted by molar-refractivity contribution is 7.99. The molecule has 0 saturated heterocycles. The quantitative estimate of drug-likeness (QED) is 0.919. The summed E-state index contributed by atoms with van der Waals surface area (Å²) < 4.78 is 5.10. The molecule has 0 bridgehead atoms. The second-order valence-electron chi connectivity index (χ2n) is 4.08. The molecule has 0 atom stereocenters. The molecule has 4 heteroatoms. The summed E-state index contributed by atoms with van der Waals surface area (Å²) in [4.78, 5) is 12.9. The maximum absolute atomic E-state index is 11.2. The number of rotatable bonds is 4. The first-order valence-corrected chi connectivity index (χ1v) is 6.57. The zero-order valence-electron chi connectivity index (χ0n) is 10.7. The third kappa shape index (κ3) is 3.29. The number of carbonyl (C=O) groups is 1. The van der Waals surface area contributed by atoms with Crippen LogP contribution in [0.25, 0.3) is 0 Å². The van der Waals surface area contributed by atoms with Gasteiger partial charge < -0.3 is 9.84 Å². The Morgan fingerprint density at radius 1 is 1.16 bits per heavy atom. The zero-order valence-corrected chi connectivity index (χ0v) is 11.5. The number of aromatic carboxylic acids is 1. The van der Waals surface area contributed by atoms with Crippen LogP contribution in [0.5, 0.6) is 5.75 Å².